The van der Waals surface area contributed by atoms with E-state index in [1.165, 1.54) is 52.7 Å². The first kappa shape index (κ1) is 24.8. The molecule has 0 saturated heterocycles. The van der Waals surface area contributed by atoms with Gasteiger partial charge >= 0.3 is 5.97 Å². The van der Waals surface area contributed by atoms with Crippen molar-refractivity contribution in [3.63, 3.8) is 0 Å². The summed E-state index contributed by atoms with van der Waals surface area (Å²) in [4.78, 5) is 25.8. The SMILES string of the molecule is COc1ccc(-c2cc(=O)c3c(O)cc4c(c3o2)[C@H](c2cc(OC)c(OC)c(OC)c2)CC(=O)O4)cc1O. The van der Waals surface area contributed by atoms with Gasteiger partial charge in [-0.15, -0.1) is 0 Å². The van der Waals surface area contributed by atoms with Crippen molar-refractivity contribution in [2.75, 3.05) is 28.4 Å². The molecule has 0 bridgehead atoms. The van der Waals surface area contributed by atoms with Gasteiger partial charge in [-0.05, 0) is 35.9 Å². The van der Waals surface area contributed by atoms with Crippen molar-refractivity contribution >= 4 is 16.9 Å². The quantitative estimate of drug-likeness (QED) is 0.279. The van der Waals surface area contributed by atoms with Crippen LogP contribution < -0.4 is 29.1 Å². The maximum atomic E-state index is 13.2. The van der Waals surface area contributed by atoms with Crippen LogP contribution in [-0.2, 0) is 4.79 Å². The lowest BCUT2D eigenvalue weighted by Crippen LogP contribution is -2.22. The molecule has 0 fully saturated rings. The molecule has 0 unspecified atom stereocenters. The number of hydrogen-bond donors (Lipinski definition) is 2. The number of rotatable bonds is 6. The van der Waals surface area contributed by atoms with Crippen LogP contribution in [0.5, 0.6) is 40.2 Å². The van der Waals surface area contributed by atoms with Crippen molar-refractivity contribution in [3.05, 3.63) is 63.8 Å². The van der Waals surface area contributed by atoms with E-state index in [0.717, 1.165) is 0 Å². The van der Waals surface area contributed by atoms with E-state index in [1.807, 2.05) is 0 Å². The summed E-state index contributed by atoms with van der Waals surface area (Å²) in [6.45, 7) is 0. The lowest BCUT2D eigenvalue weighted by molar-refractivity contribution is -0.135. The standard InChI is InChI=1S/C28H24O10/c1-33-19-6-5-13(7-16(19)29)20-11-17(30)26-18(31)12-21-25(28(26)38-20)15(10-24(32)37-21)14-8-22(34-2)27(36-4)23(9-14)35-3/h5-9,11-12,15,29,31H,10H2,1-4H3/t15-/m0/s1. The number of phenols is 2. The fraction of sp³-hybridized carbons (Fsp3) is 0.214. The van der Waals surface area contributed by atoms with Crippen LogP contribution in [0.4, 0.5) is 0 Å². The van der Waals surface area contributed by atoms with E-state index in [1.54, 1.807) is 18.2 Å². The fourth-order valence-electron chi connectivity index (χ4n) is 4.73. The van der Waals surface area contributed by atoms with Crippen LogP contribution in [0, 0.1) is 0 Å². The molecule has 0 radical (unpaired) electrons. The summed E-state index contributed by atoms with van der Waals surface area (Å²) < 4.78 is 33.1. The molecule has 0 saturated carbocycles. The van der Waals surface area contributed by atoms with Crippen molar-refractivity contribution in [2.24, 2.45) is 0 Å². The van der Waals surface area contributed by atoms with Gasteiger partial charge in [-0.3, -0.25) is 9.59 Å². The van der Waals surface area contributed by atoms with E-state index in [-0.39, 0.29) is 40.4 Å². The fourth-order valence-corrected chi connectivity index (χ4v) is 4.73. The molecule has 4 aromatic rings. The van der Waals surface area contributed by atoms with E-state index < -0.39 is 23.1 Å². The Morgan fingerprint density at radius 1 is 0.816 bits per heavy atom. The lowest BCUT2D eigenvalue weighted by atomic mass is 9.84. The molecule has 1 aromatic heterocycles. The monoisotopic (exact) mass is 520 g/mol. The zero-order valence-corrected chi connectivity index (χ0v) is 21.0. The zero-order chi connectivity index (χ0) is 27.1. The molecule has 38 heavy (non-hydrogen) atoms. The number of carbonyl (C=O) groups is 1. The van der Waals surface area contributed by atoms with Gasteiger partial charge in [0.05, 0.1) is 34.9 Å². The molecule has 0 aliphatic carbocycles. The Morgan fingerprint density at radius 2 is 1.50 bits per heavy atom. The minimum absolute atomic E-state index is 0.0454. The van der Waals surface area contributed by atoms with Gasteiger partial charge < -0.3 is 38.3 Å². The van der Waals surface area contributed by atoms with E-state index in [4.69, 9.17) is 28.1 Å². The summed E-state index contributed by atoms with van der Waals surface area (Å²) >= 11 is 0. The van der Waals surface area contributed by atoms with Gasteiger partial charge in [0.25, 0.3) is 0 Å². The Kier molecular flexibility index (Phi) is 6.23. The van der Waals surface area contributed by atoms with Gasteiger partial charge in [-0.25, -0.2) is 0 Å². The van der Waals surface area contributed by atoms with Gasteiger partial charge in [-0.1, -0.05) is 0 Å². The first-order valence-corrected chi connectivity index (χ1v) is 11.5. The molecule has 1 aliphatic heterocycles. The van der Waals surface area contributed by atoms with Gasteiger partial charge in [0, 0.05) is 29.2 Å². The van der Waals surface area contributed by atoms with Crippen LogP contribution in [0.15, 0.2) is 51.7 Å². The first-order valence-electron chi connectivity index (χ1n) is 11.5. The average Bonchev–Trinajstić information content (AvgIpc) is 2.91. The highest BCUT2D eigenvalue weighted by Crippen LogP contribution is 2.49. The molecular formula is C28H24O10. The summed E-state index contributed by atoms with van der Waals surface area (Å²) in [6.07, 6.45) is -0.0806. The van der Waals surface area contributed by atoms with Gasteiger partial charge in [0.15, 0.2) is 28.4 Å². The van der Waals surface area contributed by atoms with Crippen molar-refractivity contribution in [1.82, 2.24) is 0 Å². The lowest BCUT2D eigenvalue weighted by Gasteiger charge is -2.27. The molecule has 196 valence electrons. The number of phenolic OH excluding ortho intramolecular Hbond substituents is 2. The highest BCUT2D eigenvalue weighted by atomic mass is 16.5. The predicted molar refractivity (Wildman–Crippen MR) is 136 cm³/mol. The highest BCUT2D eigenvalue weighted by molar-refractivity contribution is 5.93. The van der Waals surface area contributed by atoms with Crippen LogP contribution >= 0.6 is 0 Å². The van der Waals surface area contributed by atoms with Crippen LogP contribution in [0.1, 0.15) is 23.5 Å². The second-order valence-corrected chi connectivity index (χ2v) is 8.56. The summed E-state index contributed by atoms with van der Waals surface area (Å²) in [5.74, 6) is -0.147. The summed E-state index contributed by atoms with van der Waals surface area (Å²) in [7, 11) is 5.86. The van der Waals surface area contributed by atoms with Crippen molar-refractivity contribution in [3.8, 4) is 51.6 Å². The Labute approximate surface area is 216 Å². The maximum absolute atomic E-state index is 13.2. The third-order valence-electron chi connectivity index (χ3n) is 6.48. The minimum Gasteiger partial charge on any atom is -0.507 e. The molecule has 3 aromatic carbocycles. The number of methoxy groups -OCH3 is 4. The molecule has 2 N–H and O–H groups in total. The maximum Gasteiger partial charge on any atom is 0.312 e. The Hall–Kier alpha value is -4.86. The molecule has 1 atom stereocenters. The van der Waals surface area contributed by atoms with E-state index >= 15 is 0 Å². The smallest absolute Gasteiger partial charge is 0.312 e. The number of esters is 1. The number of aromatic hydroxyl groups is 2. The molecule has 1 aliphatic rings. The zero-order valence-electron chi connectivity index (χ0n) is 21.0. The van der Waals surface area contributed by atoms with Crippen molar-refractivity contribution < 1.29 is 43.1 Å². The number of carbonyl (C=O) groups excluding carboxylic acids is 1. The van der Waals surface area contributed by atoms with Gasteiger partial charge in [0.1, 0.15) is 28.2 Å². The minimum atomic E-state index is -0.647. The molecule has 10 heteroatoms. The second-order valence-electron chi connectivity index (χ2n) is 8.56. The molecule has 10 nitrogen and oxygen atoms in total. The van der Waals surface area contributed by atoms with Crippen molar-refractivity contribution in [2.45, 2.75) is 12.3 Å². The third-order valence-corrected chi connectivity index (χ3v) is 6.48. The molecular weight excluding hydrogens is 496 g/mol. The van der Waals surface area contributed by atoms with E-state index in [2.05, 4.69) is 0 Å². The number of fused-ring (bicyclic) bond motifs is 3. The van der Waals surface area contributed by atoms with Crippen LogP contribution in [-0.4, -0.2) is 44.6 Å². The first-order chi connectivity index (χ1) is 18.3. The predicted octanol–water partition coefficient (Wildman–Crippen LogP) is 4.35. The Morgan fingerprint density at radius 3 is 2.11 bits per heavy atom. The summed E-state index contributed by atoms with van der Waals surface area (Å²) in [5.41, 5.74) is 0.931. The second kappa shape index (κ2) is 9.55. The Bertz CT molecular complexity index is 1610. The molecule has 0 spiro atoms. The molecule has 5 rings (SSSR count). The summed E-state index contributed by atoms with van der Waals surface area (Å²) in [5, 5.41) is 20.9. The van der Waals surface area contributed by atoms with E-state index in [9.17, 15) is 19.8 Å². The normalized spacial score (nSPS) is 14.5. The van der Waals surface area contributed by atoms with Gasteiger partial charge in [0.2, 0.25) is 5.75 Å². The molecule has 2 heterocycles. The van der Waals surface area contributed by atoms with Crippen LogP contribution in [0.2, 0.25) is 0 Å². The van der Waals surface area contributed by atoms with Crippen LogP contribution in [0.3, 0.4) is 0 Å². The summed E-state index contributed by atoms with van der Waals surface area (Å²) in [6, 6.07) is 10.4. The highest BCUT2D eigenvalue weighted by Gasteiger charge is 2.35. The number of benzene rings is 3. The average molecular weight is 520 g/mol. The third kappa shape index (κ3) is 4.00. The molecule has 0 amide bonds. The van der Waals surface area contributed by atoms with Gasteiger partial charge in [-0.2, -0.15) is 0 Å². The van der Waals surface area contributed by atoms with Crippen LogP contribution in [0.25, 0.3) is 22.3 Å². The number of ether oxygens (including phenoxy) is 5. The largest absolute Gasteiger partial charge is 0.507 e. The Balaban J connectivity index is 1.79. The van der Waals surface area contributed by atoms with E-state index in [0.29, 0.717) is 33.9 Å². The number of hydrogen-bond acceptors (Lipinski definition) is 10. The van der Waals surface area contributed by atoms with Crippen molar-refractivity contribution in [1.29, 1.82) is 0 Å². The topological polar surface area (TPSA) is 134 Å².